The van der Waals surface area contributed by atoms with Crippen molar-refractivity contribution in [2.75, 3.05) is 10.8 Å². The van der Waals surface area contributed by atoms with Gasteiger partial charge in [-0.25, -0.2) is 13.4 Å². The number of anilines is 1. The molecule has 0 atom stereocenters. The van der Waals surface area contributed by atoms with Crippen LogP contribution in [0.5, 0.6) is 0 Å². The van der Waals surface area contributed by atoms with E-state index < -0.39 is 10.0 Å². The van der Waals surface area contributed by atoms with Crippen LogP contribution in [0.1, 0.15) is 12.6 Å². The van der Waals surface area contributed by atoms with Crippen LogP contribution in [0.25, 0.3) is 0 Å². The fourth-order valence-electron chi connectivity index (χ4n) is 1.69. The second-order valence-corrected chi connectivity index (χ2v) is 7.35. The molecule has 0 aliphatic heterocycles. The number of hydrogen-bond acceptors (Lipinski definition) is 5. The molecule has 0 N–H and O–H groups in total. The number of sulfonamides is 1. The molecule has 0 aliphatic carbocycles. The predicted octanol–water partition coefficient (Wildman–Crippen LogP) is 2.72. The molecule has 0 radical (unpaired) electrons. The van der Waals surface area contributed by atoms with Crippen molar-refractivity contribution < 1.29 is 8.42 Å². The van der Waals surface area contributed by atoms with E-state index in [1.165, 1.54) is 4.31 Å². The van der Waals surface area contributed by atoms with Gasteiger partial charge in [-0.05, 0) is 26.0 Å². The quantitative estimate of drug-likeness (QED) is 0.869. The van der Waals surface area contributed by atoms with Crippen molar-refractivity contribution >= 4 is 38.6 Å². The topological polar surface area (TPSA) is 63.2 Å². The Hall–Kier alpha value is -1.18. The molecule has 0 fully saturated rings. The number of hydrogen-bond donors (Lipinski definition) is 0. The highest BCUT2D eigenvalue weighted by atomic mass is 35.5. The van der Waals surface area contributed by atoms with Gasteiger partial charge in [0.2, 0.25) is 0 Å². The summed E-state index contributed by atoms with van der Waals surface area (Å²) in [4.78, 5) is 7.84. The lowest BCUT2D eigenvalue weighted by molar-refractivity contribution is 0.593. The first-order valence-electron chi connectivity index (χ1n) is 5.52. The number of halogens is 1. The molecule has 0 aromatic carbocycles. The number of pyridine rings is 1. The van der Waals surface area contributed by atoms with Crippen LogP contribution in [-0.2, 0) is 10.0 Å². The summed E-state index contributed by atoms with van der Waals surface area (Å²) in [6.07, 6.45) is 3.11. The summed E-state index contributed by atoms with van der Waals surface area (Å²) >= 11 is 6.75. The molecule has 5 nitrogen and oxygen atoms in total. The van der Waals surface area contributed by atoms with Gasteiger partial charge in [-0.3, -0.25) is 9.29 Å². The molecule has 0 saturated carbocycles. The minimum absolute atomic E-state index is 0.177. The van der Waals surface area contributed by atoms with Crippen molar-refractivity contribution in [2.45, 2.75) is 18.1 Å². The number of thiazole rings is 1. The smallest absolute Gasteiger partial charge is 0.266 e. The molecule has 2 aromatic heterocycles. The third-order valence-electron chi connectivity index (χ3n) is 2.49. The molecular formula is C11H12ClN3O2S2. The predicted molar refractivity (Wildman–Crippen MR) is 76.3 cm³/mol. The fourth-order valence-corrected chi connectivity index (χ4v) is 5.00. The standard InChI is InChI=1S/C11H12ClN3O2S2/c1-3-15(9-4-6-13-7-5-9)19(16,17)10-8(2)14-11(12)18-10/h4-7H,3H2,1-2H3. The van der Waals surface area contributed by atoms with Gasteiger partial charge >= 0.3 is 0 Å². The Kier molecular flexibility index (Phi) is 4.07. The highest BCUT2D eigenvalue weighted by molar-refractivity contribution is 7.94. The maximum Gasteiger partial charge on any atom is 0.275 e. The van der Waals surface area contributed by atoms with Crippen LogP contribution in [-0.4, -0.2) is 24.9 Å². The summed E-state index contributed by atoms with van der Waals surface area (Å²) in [5, 5.41) is 0. The highest BCUT2D eigenvalue weighted by Crippen LogP contribution is 2.31. The maximum absolute atomic E-state index is 12.6. The first kappa shape index (κ1) is 14.2. The van der Waals surface area contributed by atoms with Crippen LogP contribution in [0.3, 0.4) is 0 Å². The summed E-state index contributed by atoms with van der Waals surface area (Å²) in [6, 6.07) is 3.30. The molecule has 0 unspecified atom stereocenters. The van der Waals surface area contributed by atoms with Crippen molar-refractivity contribution in [1.82, 2.24) is 9.97 Å². The molecule has 0 bridgehead atoms. The van der Waals surface area contributed by atoms with Crippen LogP contribution in [0.15, 0.2) is 28.7 Å². The van der Waals surface area contributed by atoms with Crippen molar-refractivity contribution in [1.29, 1.82) is 0 Å². The first-order chi connectivity index (χ1) is 8.96. The SMILES string of the molecule is CCN(c1ccncc1)S(=O)(=O)c1sc(Cl)nc1C. The molecule has 19 heavy (non-hydrogen) atoms. The second-order valence-electron chi connectivity index (χ2n) is 3.71. The van der Waals surface area contributed by atoms with E-state index >= 15 is 0 Å². The molecule has 8 heteroatoms. The Morgan fingerprint density at radius 3 is 2.47 bits per heavy atom. The van der Waals surface area contributed by atoms with Gasteiger partial charge in [0.15, 0.2) is 8.68 Å². The van der Waals surface area contributed by atoms with Gasteiger partial charge in [-0.2, -0.15) is 0 Å². The summed E-state index contributed by atoms with van der Waals surface area (Å²) in [7, 11) is -3.64. The van der Waals surface area contributed by atoms with E-state index in [0.717, 1.165) is 11.3 Å². The Labute approximate surface area is 120 Å². The zero-order valence-electron chi connectivity index (χ0n) is 10.4. The van der Waals surface area contributed by atoms with Gasteiger partial charge in [-0.1, -0.05) is 22.9 Å². The number of rotatable bonds is 4. The van der Waals surface area contributed by atoms with Crippen molar-refractivity contribution in [3.8, 4) is 0 Å². The summed E-state index contributed by atoms with van der Waals surface area (Å²) in [5.74, 6) is 0. The third kappa shape index (κ3) is 2.72. The maximum atomic E-state index is 12.6. The lowest BCUT2D eigenvalue weighted by atomic mass is 10.4. The average molecular weight is 318 g/mol. The van der Waals surface area contributed by atoms with E-state index in [2.05, 4.69) is 9.97 Å². The largest absolute Gasteiger partial charge is 0.275 e. The van der Waals surface area contributed by atoms with E-state index in [4.69, 9.17) is 11.6 Å². The minimum atomic E-state index is -3.64. The molecule has 0 aliphatic rings. The molecule has 0 saturated heterocycles. The van der Waals surface area contributed by atoms with E-state index in [-0.39, 0.29) is 8.68 Å². The van der Waals surface area contributed by atoms with Crippen LogP contribution >= 0.6 is 22.9 Å². The minimum Gasteiger partial charge on any atom is -0.266 e. The van der Waals surface area contributed by atoms with Crippen LogP contribution in [0.4, 0.5) is 5.69 Å². The zero-order chi connectivity index (χ0) is 14.0. The number of nitrogens with zero attached hydrogens (tertiary/aromatic N) is 3. The summed E-state index contributed by atoms with van der Waals surface area (Å²) in [5.41, 5.74) is 0.990. The van der Waals surface area contributed by atoms with Gasteiger partial charge in [0, 0.05) is 18.9 Å². The van der Waals surface area contributed by atoms with E-state index in [1.54, 1.807) is 38.4 Å². The monoisotopic (exact) mass is 317 g/mol. The normalized spacial score (nSPS) is 11.5. The van der Waals surface area contributed by atoms with Crippen LogP contribution in [0.2, 0.25) is 4.47 Å². The Bertz CT molecular complexity index is 671. The molecular weight excluding hydrogens is 306 g/mol. The van der Waals surface area contributed by atoms with Gasteiger partial charge < -0.3 is 0 Å². The molecule has 2 rings (SSSR count). The van der Waals surface area contributed by atoms with Gasteiger partial charge in [0.1, 0.15) is 0 Å². The number of aryl methyl sites for hydroxylation is 1. The van der Waals surface area contributed by atoms with Crippen LogP contribution < -0.4 is 4.31 Å². The molecule has 2 aromatic rings. The molecule has 0 spiro atoms. The summed E-state index contributed by atoms with van der Waals surface area (Å²) < 4.78 is 26.9. The fraction of sp³-hybridized carbons (Fsp3) is 0.273. The Morgan fingerprint density at radius 2 is 2.00 bits per heavy atom. The second kappa shape index (κ2) is 5.44. The summed E-state index contributed by atoms with van der Waals surface area (Å²) in [6.45, 7) is 3.73. The van der Waals surface area contributed by atoms with Gasteiger partial charge in [0.25, 0.3) is 10.0 Å². The third-order valence-corrected chi connectivity index (χ3v) is 6.24. The first-order valence-corrected chi connectivity index (χ1v) is 8.16. The van der Waals surface area contributed by atoms with Crippen molar-refractivity contribution in [2.24, 2.45) is 0 Å². The van der Waals surface area contributed by atoms with Crippen molar-refractivity contribution in [3.63, 3.8) is 0 Å². The van der Waals surface area contributed by atoms with Crippen molar-refractivity contribution in [3.05, 3.63) is 34.7 Å². The van der Waals surface area contributed by atoms with Crippen LogP contribution in [0, 0.1) is 6.92 Å². The van der Waals surface area contributed by atoms with E-state index in [9.17, 15) is 8.42 Å². The average Bonchev–Trinajstić information content (AvgIpc) is 2.71. The Balaban J connectivity index is 2.51. The molecule has 0 amide bonds. The van der Waals surface area contributed by atoms with Gasteiger partial charge in [0.05, 0.1) is 11.4 Å². The lowest BCUT2D eigenvalue weighted by Gasteiger charge is -2.21. The Morgan fingerprint density at radius 1 is 1.37 bits per heavy atom. The molecule has 102 valence electrons. The van der Waals surface area contributed by atoms with Gasteiger partial charge in [-0.15, -0.1) is 0 Å². The number of aromatic nitrogens is 2. The molecule has 2 heterocycles. The van der Waals surface area contributed by atoms with E-state index in [1.807, 2.05) is 0 Å². The van der Waals surface area contributed by atoms with E-state index in [0.29, 0.717) is 17.9 Å². The lowest BCUT2D eigenvalue weighted by Crippen LogP contribution is -2.30. The highest BCUT2D eigenvalue weighted by Gasteiger charge is 2.28. The zero-order valence-corrected chi connectivity index (χ0v) is 12.8.